The zero-order valence-corrected chi connectivity index (χ0v) is 12.4. The summed E-state index contributed by atoms with van der Waals surface area (Å²) in [4.78, 5) is 4.75. The summed E-state index contributed by atoms with van der Waals surface area (Å²) in [6.45, 7) is 4.41. The van der Waals surface area contributed by atoms with Crippen molar-refractivity contribution >= 4 is 5.95 Å². The summed E-state index contributed by atoms with van der Waals surface area (Å²) >= 11 is 0. The molecule has 0 radical (unpaired) electrons. The predicted octanol–water partition coefficient (Wildman–Crippen LogP) is 4.44. The molecule has 0 saturated heterocycles. The summed E-state index contributed by atoms with van der Waals surface area (Å²) in [6, 6.07) is 0.673. The molecule has 2 fully saturated rings. The van der Waals surface area contributed by atoms with Crippen LogP contribution in [0.2, 0.25) is 0 Å². The smallest absolute Gasteiger partial charge is 0.203 e. The second-order valence-electron chi connectivity index (χ2n) is 6.52. The van der Waals surface area contributed by atoms with Crippen LogP contribution in [0.4, 0.5) is 5.95 Å². The van der Waals surface area contributed by atoms with Gasteiger partial charge in [0, 0.05) is 17.8 Å². The van der Waals surface area contributed by atoms with Crippen molar-refractivity contribution in [2.24, 2.45) is 0 Å². The second-order valence-corrected chi connectivity index (χ2v) is 6.52. The van der Waals surface area contributed by atoms with E-state index in [0.29, 0.717) is 11.6 Å². The molecular weight excluding hydrogens is 234 g/mol. The predicted molar refractivity (Wildman–Crippen MR) is 79.6 cm³/mol. The average Bonchev–Trinajstić information content (AvgIpc) is 2.76. The Bertz CT molecular complexity index is 420. The number of nitrogens with zero attached hydrogens (tertiary/aromatic N) is 2. The van der Waals surface area contributed by atoms with Crippen LogP contribution in [-0.4, -0.2) is 15.1 Å². The Morgan fingerprint density at radius 3 is 2.58 bits per heavy atom. The molecule has 1 aromatic heterocycles. The van der Waals surface area contributed by atoms with Gasteiger partial charge in [-0.25, -0.2) is 4.98 Å². The third-order valence-electron chi connectivity index (χ3n) is 5.19. The van der Waals surface area contributed by atoms with Gasteiger partial charge in [-0.05, 0) is 45.4 Å². The lowest BCUT2D eigenvalue weighted by molar-refractivity contribution is 0.264. The molecule has 0 atom stereocenters. The number of hydrogen-bond donors (Lipinski definition) is 1. The number of hydrogen-bond acceptors (Lipinski definition) is 2. The van der Waals surface area contributed by atoms with Gasteiger partial charge in [0.2, 0.25) is 5.95 Å². The van der Waals surface area contributed by atoms with Crippen LogP contribution in [0.25, 0.3) is 0 Å². The first kappa shape index (κ1) is 13.0. The van der Waals surface area contributed by atoms with Crippen molar-refractivity contribution in [2.45, 2.75) is 83.2 Å². The molecule has 1 aromatic rings. The number of rotatable bonds is 4. The van der Waals surface area contributed by atoms with Crippen LogP contribution in [0.1, 0.15) is 76.4 Å². The molecule has 0 spiro atoms. The quantitative estimate of drug-likeness (QED) is 0.868. The van der Waals surface area contributed by atoms with Gasteiger partial charge in [-0.2, -0.15) is 0 Å². The van der Waals surface area contributed by atoms with Crippen molar-refractivity contribution in [2.75, 3.05) is 5.32 Å². The van der Waals surface area contributed by atoms with Crippen LogP contribution >= 0.6 is 0 Å². The van der Waals surface area contributed by atoms with Gasteiger partial charge in [-0.1, -0.05) is 26.2 Å². The minimum absolute atomic E-state index is 0.338. The Morgan fingerprint density at radius 2 is 2.00 bits per heavy atom. The number of aryl methyl sites for hydroxylation is 1. The molecule has 3 heteroatoms. The Labute approximate surface area is 116 Å². The zero-order chi connectivity index (χ0) is 13.3. The fourth-order valence-corrected chi connectivity index (χ4v) is 3.65. The van der Waals surface area contributed by atoms with E-state index in [2.05, 4.69) is 29.9 Å². The lowest BCUT2D eigenvalue weighted by atomic mass is 9.75. The molecule has 1 heterocycles. The molecule has 0 aliphatic heterocycles. The molecule has 1 N–H and O–H groups in total. The van der Waals surface area contributed by atoms with Crippen LogP contribution < -0.4 is 5.32 Å². The topological polar surface area (TPSA) is 29.9 Å². The highest BCUT2D eigenvalue weighted by atomic mass is 15.2. The average molecular weight is 261 g/mol. The molecule has 2 aliphatic carbocycles. The van der Waals surface area contributed by atoms with E-state index in [1.54, 1.807) is 0 Å². The van der Waals surface area contributed by atoms with Crippen LogP contribution in [0, 0.1) is 6.92 Å². The van der Waals surface area contributed by atoms with Crippen LogP contribution in [-0.2, 0) is 0 Å². The molecule has 0 aromatic carbocycles. The van der Waals surface area contributed by atoms with Crippen molar-refractivity contribution < 1.29 is 0 Å². The fourth-order valence-electron chi connectivity index (χ4n) is 3.65. The van der Waals surface area contributed by atoms with Crippen LogP contribution in [0.15, 0.2) is 6.20 Å². The molecule has 0 bridgehead atoms. The van der Waals surface area contributed by atoms with E-state index < -0.39 is 0 Å². The summed E-state index contributed by atoms with van der Waals surface area (Å²) in [6.07, 6.45) is 14.2. The molecule has 3 nitrogen and oxygen atoms in total. The van der Waals surface area contributed by atoms with Crippen molar-refractivity contribution in [1.82, 2.24) is 9.55 Å². The van der Waals surface area contributed by atoms with Gasteiger partial charge in [0.15, 0.2) is 0 Å². The van der Waals surface area contributed by atoms with Gasteiger partial charge >= 0.3 is 0 Å². The van der Waals surface area contributed by atoms with E-state index in [0.717, 1.165) is 11.6 Å². The lowest BCUT2D eigenvalue weighted by Crippen LogP contribution is -2.45. The molecule has 3 rings (SSSR count). The summed E-state index contributed by atoms with van der Waals surface area (Å²) in [5.74, 6) is 1.13. The second kappa shape index (κ2) is 5.18. The van der Waals surface area contributed by atoms with Crippen molar-refractivity contribution in [1.29, 1.82) is 0 Å². The van der Waals surface area contributed by atoms with Gasteiger partial charge in [0.25, 0.3) is 0 Å². The summed E-state index contributed by atoms with van der Waals surface area (Å²) in [5.41, 5.74) is 1.49. The highest BCUT2D eigenvalue weighted by molar-refractivity contribution is 5.35. The fraction of sp³-hybridized carbons (Fsp3) is 0.812. The van der Waals surface area contributed by atoms with Gasteiger partial charge in [-0.3, -0.25) is 0 Å². The highest BCUT2D eigenvalue weighted by Gasteiger charge is 2.36. The molecular formula is C16H27N3. The van der Waals surface area contributed by atoms with Crippen LogP contribution in [0.3, 0.4) is 0 Å². The lowest BCUT2D eigenvalue weighted by Gasteiger charge is -2.42. The summed E-state index contributed by atoms with van der Waals surface area (Å²) in [7, 11) is 0. The maximum absolute atomic E-state index is 4.75. The molecule has 19 heavy (non-hydrogen) atoms. The van der Waals surface area contributed by atoms with Gasteiger partial charge in [-0.15, -0.1) is 0 Å². The van der Waals surface area contributed by atoms with Crippen molar-refractivity contribution in [3.63, 3.8) is 0 Å². The van der Waals surface area contributed by atoms with E-state index >= 15 is 0 Å². The highest BCUT2D eigenvalue weighted by Crippen LogP contribution is 2.39. The molecule has 2 aliphatic rings. The first-order valence-electron chi connectivity index (χ1n) is 8.06. The SMILES string of the molecule is CCC1(Nc2nc(C)cn2C2CCCCC2)CCC1. The number of aromatic nitrogens is 2. The van der Waals surface area contributed by atoms with E-state index in [9.17, 15) is 0 Å². The Hall–Kier alpha value is -0.990. The minimum atomic E-state index is 0.338. The standard InChI is InChI=1S/C16H27N3/c1-3-16(10-7-11-16)18-15-17-13(2)12-19(15)14-8-5-4-6-9-14/h12,14H,3-11H2,1-2H3,(H,17,18). The first-order valence-corrected chi connectivity index (χ1v) is 8.06. The Kier molecular flexibility index (Phi) is 3.55. The third-order valence-corrected chi connectivity index (χ3v) is 5.19. The number of imidazole rings is 1. The largest absolute Gasteiger partial charge is 0.350 e. The van der Waals surface area contributed by atoms with E-state index in [1.807, 2.05) is 0 Å². The van der Waals surface area contributed by atoms with Crippen molar-refractivity contribution in [3.05, 3.63) is 11.9 Å². The van der Waals surface area contributed by atoms with Crippen LogP contribution in [0.5, 0.6) is 0 Å². The minimum Gasteiger partial charge on any atom is -0.350 e. The van der Waals surface area contributed by atoms with Gasteiger partial charge in [0.05, 0.1) is 5.69 Å². The van der Waals surface area contributed by atoms with Gasteiger partial charge in [0.1, 0.15) is 0 Å². The van der Waals surface area contributed by atoms with Gasteiger partial charge < -0.3 is 9.88 Å². The monoisotopic (exact) mass is 261 g/mol. The normalized spacial score (nSPS) is 23.1. The maximum atomic E-state index is 4.75. The van der Waals surface area contributed by atoms with E-state index in [1.165, 1.54) is 57.8 Å². The summed E-state index contributed by atoms with van der Waals surface area (Å²) in [5, 5.41) is 3.78. The molecule has 0 unspecified atom stereocenters. The molecule has 0 amide bonds. The van der Waals surface area contributed by atoms with E-state index in [4.69, 9.17) is 4.98 Å². The van der Waals surface area contributed by atoms with Crippen molar-refractivity contribution in [3.8, 4) is 0 Å². The maximum Gasteiger partial charge on any atom is 0.203 e. The molecule has 2 saturated carbocycles. The third kappa shape index (κ3) is 2.52. The van der Waals surface area contributed by atoms with E-state index in [-0.39, 0.29) is 0 Å². The Balaban J connectivity index is 1.80. The number of anilines is 1. The first-order chi connectivity index (χ1) is 9.22. The molecule has 106 valence electrons. The zero-order valence-electron chi connectivity index (χ0n) is 12.4. The number of nitrogens with one attached hydrogen (secondary N) is 1. The summed E-state index contributed by atoms with van der Waals surface area (Å²) < 4.78 is 2.43. The Morgan fingerprint density at radius 1 is 1.26 bits per heavy atom.